The largest absolute Gasteiger partial charge is 0.378 e. The van der Waals surface area contributed by atoms with Gasteiger partial charge in [0.2, 0.25) is 5.65 Å². The van der Waals surface area contributed by atoms with Crippen LogP contribution in [0.15, 0.2) is 0 Å². The van der Waals surface area contributed by atoms with Gasteiger partial charge in [0.05, 0.1) is 18.7 Å². The molecule has 1 N–H and O–H groups in total. The number of hydrogen-bond donors (Lipinski definition) is 1. The fraction of sp³-hybridized carbons (Fsp3) is 0.611. The molecule has 0 saturated carbocycles. The van der Waals surface area contributed by atoms with Crippen molar-refractivity contribution in [3.8, 4) is 0 Å². The number of ether oxygens (including phenoxy) is 2. The van der Waals surface area contributed by atoms with Crippen molar-refractivity contribution >= 4 is 22.7 Å². The highest BCUT2D eigenvalue weighted by Crippen LogP contribution is 2.26. The molecule has 1 saturated heterocycles. The zero-order valence-corrected chi connectivity index (χ0v) is 17.0. The van der Waals surface area contributed by atoms with Gasteiger partial charge in [0.1, 0.15) is 17.9 Å². The number of rotatable bonds is 6. The Balaban J connectivity index is 1.62. The Bertz CT molecular complexity index is 1020. The molecule has 4 rings (SSSR count). The molecule has 3 aromatic rings. The van der Waals surface area contributed by atoms with E-state index in [1.807, 2.05) is 20.8 Å². The molecule has 2 amide bonds. The third-order valence-corrected chi connectivity index (χ3v) is 5.29. The molecule has 3 aromatic heterocycles. The maximum absolute atomic E-state index is 12.4. The summed E-state index contributed by atoms with van der Waals surface area (Å²) in [6.07, 6.45) is 0. The summed E-state index contributed by atoms with van der Waals surface area (Å²) in [6.45, 7) is 10.4. The van der Waals surface area contributed by atoms with Gasteiger partial charge in [-0.15, -0.1) is 5.10 Å². The number of amides is 2. The zero-order chi connectivity index (χ0) is 20.4. The molecule has 0 aromatic carbocycles. The molecular formula is C18H26N8O3. The number of imidazole rings is 1. The number of tetrazole rings is 1. The fourth-order valence-electron chi connectivity index (χ4n) is 3.62. The van der Waals surface area contributed by atoms with Gasteiger partial charge in [0.25, 0.3) is 0 Å². The number of morpholine rings is 1. The number of urea groups is 1. The van der Waals surface area contributed by atoms with Crippen LogP contribution in [0.5, 0.6) is 0 Å². The maximum atomic E-state index is 12.4. The summed E-state index contributed by atoms with van der Waals surface area (Å²) >= 11 is 0. The number of aryl methyl sites for hydroxylation is 2. The van der Waals surface area contributed by atoms with Crippen LogP contribution in [0, 0.1) is 13.8 Å². The average molecular weight is 402 g/mol. The Morgan fingerprint density at radius 2 is 2.07 bits per heavy atom. The second-order valence-corrected chi connectivity index (χ2v) is 6.97. The van der Waals surface area contributed by atoms with Crippen LogP contribution in [0.3, 0.4) is 0 Å². The molecule has 0 bridgehead atoms. The Morgan fingerprint density at radius 3 is 2.83 bits per heavy atom. The van der Waals surface area contributed by atoms with Crippen LogP contribution in [0.4, 0.5) is 4.79 Å². The Labute approximate surface area is 168 Å². The summed E-state index contributed by atoms with van der Waals surface area (Å²) in [5, 5.41) is 15.0. The number of fused-ring (bicyclic) bond motifs is 3. The van der Waals surface area contributed by atoms with Gasteiger partial charge in [-0.25, -0.2) is 9.78 Å². The molecule has 0 unspecified atom stereocenters. The minimum atomic E-state index is -0.0685. The lowest BCUT2D eigenvalue weighted by molar-refractivity contribution is 0.0532. The molecule has 4 heterocycles. The standard InChI is InChI=1S/C18H26N8O3/c1-4-28-11-14-20-15-16(12(2)13(3)26-17(15)21-22-23-26)25(14)6-5-19-18(27)24-7-9-29-10-8-24/h4-11H2,1-3H3,(H,19,27). The van der Waals surface area contributed by atoms with Crippen LogP contribution in [-0.2, 0) is 22.6 Å². The number of carbonyl (C=O) groups excluding carboxylic acids is 1. The fourth-order valence-corrected chi connectivity index (χ4v) is 3.62. The van der Waals surface area contributed by atoms with Crippen molar-refractivity contribution in [3.05, 3.63) is 17.1 Å². The highest BCUT2D eigenvalue weighted by molar-refractivity contribution is 5.91. The molecule has 1 aliphatic rings. The van der Waals surface area contributed by atoms with Gasteiger partial charge in [-0.2, -0.15) is 4.52 Å². The van der Waals surface area contributed by atoms with Gasteiger partial charge >= 0.3 is 6.03 Å². The number of aromatic nitrogens is 6. The topological polar surface area (TPSA) is 112 Å². The smallest absolute Gasteiger partial charge is 0.317 e. The van der Waals surface area contributed by atoms with E-state index in [9.17, 15) is 4.79 Å². The van der Waals surface area contributed by atoms with E-state index in [-0.39, 0.29) is 6.03 Å². The zero-order valence-electron chi connectivity index (χ0n) is 17.0. The van der Waals surface area contributed by atoms with Crippen molar-refractivity contribution in [1.82, 2.24) is 39.8 Å². The van der Waals surface area contributed by atoms with E-state index in [4.69, 9.17) is 14.5 Å². The molecule has 11 nitrogen and oxygen atoms in total. The predicted molar refractivity (Wildman–Crippen MR) is 105 cm³/mol. The van der Waals surface area contributed by atoms with Gasteiger partial charge in [-0.05, 0) is 36.8 Å². The summed E-state index contributed by atoms with van der Waals surface area (Å²) in [5.41, 5.74) is 4.35. The molecule has 11 heteroatoms. The molecule has 0 radical (unpaired) electrons. The second kappa shape index (κ2) is 8.29. The van der Waals surface area contributed by atoms with Crippen LogP contribution >= 0.6 is 0 Å². The molecule has 156 valence electrons. The van der Waals surface area contributed by atoms with Crippen molar-refractivity contribution in [2.75, 3.05) is 39.5 Å². The highest BCUT2D eigenvalue weighted by Gasteiger charge is 2.21. The number of nitrogens with one attached hydrogen (secondary N) is 1. The van der Waals surface area contributed by atoms with Crippen molar-refractivity contribution in [3.63, 3.8) is 0 Å². The maximum Gasteiger partial charge on any atom is 0.317 e. The van der Waals surface area contributed by atoms with E-state index in [0.717, 1.165) is 28.1 Å². The first-order chi connectivity index (χ1) is 14.1. The summed E-state index contributed by atoms with van der Waals surface area (Å²) in [7, 11) is 0. The molecule has 1 fully saturated rings. The monoisotopic (exact) mass is 402 g/mol. The van der Waals surface area contributed by atoms with Crippen LogP contribution in [0.2, 0.25) is 0 Å². The van der Waals surface area contributed by atoms with Gasteiger partial charge in [0.15, 0.2) is 0 Å². The SMILES string of the molecule is CCOCc1nc2c(c(C)c(C)n3nnnc23)n1CCNC(=O)N1CCOCC1. The Morgan fingerprint density at radius 1 is 1.28 bits per heavy atom. The lowest BCUT2D eigenvalue weighted by Crippen LogP contribution is -2.46. The molecule has 0 atom stereocenters. The molecule has 1 aliphatic heterocycles. The van der Waals surface area contributed by atoms with Crippen molar-refractivity contribution in [2.24, 2.45) is 0 Å². The Kier molecular flexibility index (Phi) is 5.58. The molecule has 29 heavy (non-hydrogen) atoms. The Hall–Kier alpha value is -2.79. The van der Waals surface area contributed by atoms with E-state index >= 15 is 0 Å². The number of carbonyl (C=O) groups is 1. The molecule has 0 aliphatic carbocycles. The van der Waals surface area contributed by atoms with Crippen molar-refractivity contribution in [1.29, 1.82) is 0 Å². The average Bonchev–Trinajstić information content (AvgIpc) is 3.36. The van der Waals surface area contributed by atoms with E-state index in [1.54, 1.807) is 9.42 Å². The summed E-state index contributed by atoms with van der Waals surface area (Å²) in [5.74, 6) is 0.793. The first-order valence-corrected chi connectivity index (χ1v) is 9.86. The normalized spacial score (nSPS) is 14.8. The summed E-state index contributed by atoms with van der Waals surface area (Å²) in [4.78, 5) is 18.9. The minimum Gasteiger partial charge on any atom is -0.378 e. The predicted octanol–water partition coefficient (Wildman–Crippen LogP) is 0.669. The molecule has 0 spiro atoms. The van der Waals surface area contributed by atoms with Crippen LogP contribution in [0.25, 0.3) is 16.7 Å². The number of pyridine rings is 1. The van der Waals surface area contributed by atoms with Crippen molar-refractivity contribution in [2.45, 2.75) is 33.9 Å². The lowest BCUT2D eigenvalue weighted by atomic mass is 10.2. The highest BCUT2D eigenvalue weighted by atomic mass is 16.5. The molecular weight excluding hydrogens is 376 g/mol. The minimum absolute atomic E-state index is 0.0685. The van der Waals surface area contributed by atoms with E-state index in [0.29, 0.717) is 58.3 Å². The third-order valence-electron chi connectivity index (χ3n) is 5.29. The second-order valence-electron chi connectivity index (χ2n) is 6.97. The van der Waals surface area contributed by atoms with Crippen molar-refractivity contribution < 1.29 is 14.3 Å². The third kappa shape index (κ3) is 3.62. The summed E-state index contributed by atoms with van der Waals surface area (Å²) in [6, 6.07) is -0.0685. The van der Waals surface area contributed by atoms with Gasteiger partial charge < -0.3 is 24.3 Å². The van der Waals surface area contributed by atoms with E-state index in [1.165, 1.54) is 0 Å². The first kappa shape index (κ1) is 19.5. The van der Waals surface area contributed by atoms with Gasteiger partial charge in [-0.1, -0.05) is 0 Å². The quantitative estimate of drug-likeness (QED) is 0.645. The van der Waals surface area contributed by atoms with Gasteiger partial charge in [-0.3, -0.25) is 0 Å². The van der Waals surface area contributed by atoms with E-state index in [2.05, 4.69) is 25.4 Å². The lowest BCUT2D eigenvalue weighted by Gasteiger charge is -2.27. The summed E-state index contributed by atoms with van der Waals surface area (Å²) < 4.78 is 14.7. The van der Waals surface area contributed by atoms with Gasteiger partial charge in [0, 0.05) is 38.5 Å². The number of hydrogen-bond acceptors (Lipinski definition) is 7. The van der Waals surface area contributed by atoms with Crippen LogP contribution in [0.1, 0.15) is 24.0 Å². The number of nitrogens with zero attached hydrogens (tertiary/aromatic N) is 7. The van der Waals surface area contributed by atoms with E-state index < -0.39 is 0 Å². The first-order valence-electron chi connectivity index (χ1n) is 9.86. The van der Waals surface area contributed by atoms with Crippen LogP contribution in [-0.4, -0.2) is 80.0 Å². The van der Waals surface area contributed by atoms with Crippen LogP contribution < -0.4 is 5.32 Å².